The predicted molar refractivity (Wildman–Crippen MR) is 82.7 cm³/mol. The van der Waals surface area contributed by atoms with Crippen molar-refractivity contribution in [2.45, 2.75) is 64.8 Å². The van der Waals surface area contributed by atoms with Gasteiger partial charge in [-0.15, -0.1) is 0 Å². The van der Waals surface area contributed by atoms with Crippen molar-refractivity contribution < 1.29 is 4.42 Å². The lowest BCUT2D eigenvalue weighted by atomic mass is 9.66. The molecular weight excluding hydrogens is 246 g/mol. The van der Waals surface area contributed by atoms with Crippen LogP contribution in [0.1, 0.15) is 69.4 Å². The Morgan fingerprint density at radius 1 is 1.15 bits per heavy atom. The van der Waals surface area contributed by atoms with E-state index < -0.39 is 0 Å². The van der Waals surface area contributed by atoms with Crippen molar-refractivity contribution in [1.82, 2.24) is 5.32 Å². The predicted octanol–water partition coefficient (Wildman–Crippen LogP) is 4.85. The molecule has 1 aromatic heterocycles. The number of rotatable bonds is 4. The summed E-state index contributed by atoms with van der Waals surface area (Å²) < 4.78 is 5.92. The van der Waals surface area contributed by atoms with Gasteiger partial charge in [0, 0.05) is 0 Å². The topological polar surface area (TPSA) is 25.2 Å². The van der Waals surface area contributed by atoms with Crippen molar-refractivity contribution in [3.8, 4) is 0 Å². The number of fused-ring (bicyclic) bond motifs is 1. The van der Waals surface area contributed by atoms with E-state index >= 15 is 0 Å². The van der Waals surface area contributed by atoms with Gasteiger partial charge in [0.1, 0.15) is 11.5 Å². The SMILES string of the molecule is CCNC(c1ccc(C)o1)C1CCC2CCCCC2C1. The van der Waals surface area contributed by atoms with Crippen molar-refractivity contribution in [2.75, 3.05) is 6.54 Å². The second kappa shape index (κ2) is 6.34. The van der Waals surface area contributed by atoms with E-state index in [0.29, 0.717) is 6.04 Å². The summed E-state index contributed by atoms with van der Waals surface area (Å²) in [5.41, 5.74) is 0. The third-order valence-electron chi connectivity index (χ3n) is 5.54. The normalized spacial score (nSPS) is 31.8. The van der Waals surface area contributed by atoms with E-state index in [1.165, 1.54) is 44.9 Å². The summed E-state index contributed by atoms with van der Waals surface area (Å²) in [6.45, 7) is 5.27. The highest BCUT2D eigenvalue weighted by Gasteiger charge is 2.36. The maximum absolute atomic E-state index is 5.92. The van der Waals surface area contributed by atoms with Crippen molar-refractivity contribution in [3.05, 3.63) is 23.7 Å². The van der Waals surface area contributed by atoms with E-state index in [0.717, 1.165) is 35.8 Å². The van der Waals surface area contributed by atoms with Crippen molar-refractivity contribution in [2.24, 2.45) is 17.8 Å². The standard InChI is InChI=1S/C18H29NO/c1-3-19-18(17-11-8-13(2)20-17)16-10-9-14-6-4-5-7-15(14)12-16/h8,11,14-16,18-19H,3-7,9-10,12H2,1-2H3. The molecule has 1 heterocycles. The van der Waals surface area contributed by atoms with Crippen LogP contribution in [0.4, 0.5) is 0 Å². The Morgan fingerprint density at radius 2 is 1.95 bits per heavy atom. The van der Waals surface area contributed by atoms with Crippen LogP contribution >= 0.6 is 0 Å². The molecule has 1 aromatic rings. The average Bonchev–Trinajstić information content (AvgIpc) is 2.90. The Hall–Kier alpha value is -0.760. The maximum atomic E-state index is 5.92. The Balaban J connectivity index is 1.71. The smallest absolute Gasteiger partial charge is 0.121 e. The number of furan rings is 1. The molecule has 2 fully saturated rings. The third-order valence-corrected chi connectivity index (χ3v) is 5.54. The third kappa shape index (κ3) is 2.95. The molecule has 0 amide bonds. The largest absolute Gasteiger partial charge is 0.465 e. The van der Waals surface area contributed by atoms with Gasteiger partial charge in [-0.1, -0.05) is 32.6 Å². The molecule has 0 aliphatic heterocycles. The van der Waals surface area contributed by atoms with Gasteiger partial charge in [0.15, 0.2) is 0 Å². The van der Waals surface area contributed by atoms with Gasteiger partial charge in [-0.05, 0) is 62.6 Å². The lowest BCUT2D eigenvalue weighted by Crippen LogP contribution is -2.35. The first-order valence-corrected chi connectivity index (χ1v) is 8.57. The fraction of sp³-hybridized carbons (Fsp3) is 0.778. The van der Waals surface area contributed by atoms with Crippen molar-refractivity contribution >= 4 is 0 Å². The highest BCUT2D eigenvalue weighted by atomic mass is 16.3. The zero-order valence-corrected chi connectivity index (χ0v) is 13.0. The maximum Gasteiger partial charge on any atom is 0.121 e. The summed E-state index contributed by atoms with van der Waals surface area (Å²) in [4.78, 5) is 0. The van der Waals surface area contributed by atoms with Crippen LogP contribution in [0.2, 0.25) is 0 Å². The summed E-state index contributed by atoms with van der Waals surface area (Å²) in [6.07, 6.45) is 10.1. The number of hydrogen-bond acceptors (Lipinski definition) is 2. The van der Waals surface area contributed by atoms with Crippen LogP contribution in [-0.4, -0.2) is 6.54 Å². The lowest BCUT2D eigenvalue weighted by Gasteiger charge is -2.41. The molecule has 2 aliphatic carbocycles. The molecule has 2 saturated carbocycles. The molecule has 0 saturated heterocycles. The molecule has 112 valence electrons. The summed E-state index contributed by atoms with van der Waals surface area (Å²) >= 11 is 0. The van der Waals surface area contributed by atoms with Crippen LogP contribution in [-0.2, 0) is 0 Å². The molecule has 4 atom stereocenters. The van der Waals surface area contributed by atoms with Gasteiger partial charge < -0.3 is 9.73 Å². The Bertz CT molecular complexity index is 425. The lowest BCUT2D eigenvalue weighted by molar-refractivity contribution is 0.104. The fourth-order valence-electron chi connectivity index (χ4n) is 4.55. The van der Waals surface area contributed by atoms with Crippen molar-refractivity contribution in [1.29, 1.82) is 0 Å². The summed E-state index contributed by atoms with van der Waals surface area (Å²) in [7, 11) is 0. The first-order chi connectivity index (χ1) is 9.78. The molecule has 0 radical (unpaired) electrons. The van der Waals surface area contributed by atoms with Gasteiger partial charge in [0.2, 0.25) is 0 Å². The molecular formula is C18H29NO. The molecule has 0 bridgehead atoms. The molecule has 0 spiro atoms. The summed E-state index contributed by atoms with van der Waals surface area (Å²) in [5, 5.41) is 3.68. The molecule has 2 nitrogen and oxygen atoms in total. The minimum Gasteiger partial charge on any atom is -0.465 e. The highest BCUT2D eigenvalue weighted by Crippen LogP contribution is 2.46. The Morgan fingerprint density at radius 3 is 2.65 bits per heavy atom. The van der Waals surface area contributed by atoms with Gasteiger partial charge in [-0.3, -0.25) is 0 Å². The highest BCUT2D eigenvalue weighted by molar-refractivity contribution is 5.11. The molecule has 2 aliphatic rings. The van der Waals surface area contributed by atoms with Gasteiger partial charge in [-0.2, -0.15) is 0 Å². The van der Waals surface area contributed by atoms with E-state index in [4.69, 9.17) is 4.42 Å². The monoisotopic (exact) mass is 275 g/mol. The zero-order chi connectivity index (χ0) is 13.9. The Kier molecular flexibility index (Phi) is 4.50. The van der Waals surface area contributed by atoms with Crippen LogP contribution in [0.3, 0.4) is 0 Å². The van der Waals surface area contributed by atoms with Gasteiger partial charge in [0.25, 0.3) is 0 Å². The number of nitrogens with one attached hydrogen (secondary N) is 1. The Labute approximate surface area is 123 Å². The molecule has 1 N–H and O–H groups in total. The van der Waals surface area contributed by atoms with E-state index in [9.17, 15) is 0 Å². The van der Waals surface area contributed by atoms with E-state index in [1.807, 2.05) is 6.92 Å². The van der Waals surface area contributed by atoms with Gasteiger partial charge >= 0.3 is 0 Å². The van der Waals surface area contributed by atoms with Gasteiger partial charge in [-0.25, -0.2) is 0 Å². The van der Waals surface area contributed by atoms with Crippen LogP contribution in [0.15, 0.2) is 16.5 Å². The quantitative estimate of drug-likeness (QED) is 0.850. The molecule has 0 aromatic carbocycles. The fourth-order valence-corrected chi connectivity index (χ4v) is 4.55. The van der Waals surface area contributed by atoms with Crippen molar-refractivity contribution in [3.63, 3.8) is 0 Å². The molecule has 2 heteroatoms. The molecule has 3 rings (SSSR count). The number of hydrogen-bond donors (Lipinski definition) is 1. The van der Waals surface area contributed by atoms with Crippen LogP contribution in [0.5, 0.6) is 0 Å². The van der Waals surface area contributed by atoms with E-state index in [1.54, 1.807) is 0 Å². The van der Waals surface area contributed by atoms with Crippen LogP contribution in [0.25, 0.3) is 0 Å². The number of aryl methyl sites for hydroxylation is 1. The molecule has 20 heavy (non-hydrogen) atoms. The minimum absolute atomic E-state index is 0.427. The second-order valence-corrected chi connectivity index (χ2v) is 6.86. The zero-order valence-electron chi connectivity index (χ0n) is 13.0. The second-order valence-electron chi connectivity index (χ2n) is 6.86. The van der Waals surface area contributed by atoms with E-state index in [2.05, 4.69) is 24.4 Å². The summed E-state index contributed by atoms with van der Waals surface area (Å²) in [6, 6.07) is 4.71. The van der Waals surface area contributed by atoms with Gasteiger partial charge in [0.05, 0.1) is 6.04 Å². The van der Waals surface area contributed by atoms with E-state index in [-0.39, 0.29) is 0 Å². The minimum atomic E-state index is 0.427. The average molecular weight is 275 g/mol. The first kappa shape index (κ1) is 14.2. The molecule has 4 unspecified atom stereocenters. The van der Waals surface area contributed by atoms with Crippen LogP contribution in [0, 0.1) is 24.7 Å². The first-order valence-electron chi connectivity index (χ1n) is 8.57. The van der Waals surface area contributed by atoms with Crippen LogP contribution < -0.4 is 5.32 Å². The summed E-state index contributed by atoms with van der Waals surface area (Å²) in [5.74, 6) is 4.97.